The van der Waals surface area contributed by atoms with Gasteiger partial charge in [0.15, 0.2) is 5.96 Å². The Bertz CT molecular complexity index is 928. The second-order valence-corrected chi connectivity index (χ2v) is 7.32. The van der Waals surface area contributed by atoms with Crippen molar-refractivity contribution < 1.29 is 0 Å². The number of guanidine groups is 1. The Morgan fingerprint density at radius 2 is 2.21 bits per heavy atom. The van der Waals surface area contributed by atoms with Crippen LogP contribution in [0.15, 0.2) is 47.8 Å². The van der Waals surface area contributed by atoms with Crippen LogP contribution >= 0.6 is 24.0 Å². The van der Waals surface area contributed by atoms with Crippen molar-refractivity contribution in [3.8, 4) is 0 Å². The maximum Gasteiger partial charge on any atom is 0.193 e. The van der Waals surface area contributed by atoms with Crippen LogP contribution in [0.1, 0.15) is 29.9 Å². The summed E-state index contributed by atoms with van der Waals surface area (Å²) in [5, 5.41) is 9.19. The molecule has 0 radical (unpaired) electrons. The van der Waals surface area contributed by atoms with Crippen LogP contribution in [-0.2, 0) is 13.5 Å². The number of para-hydroxylation sites is 1. The summed E-state index contributed by atoms with van der Waals surface area (Å²) >= 11 is 0. The van der Waals surface area contributed by atoms with E-state index < -0.39 is 0 Å². The molecule has 1 aliphatic rings. The van der Waals surface area contributed by atoms with Crippen LogP contribution < -0.4 is 5.32 Å². The third-order valence-corrected chi connectivity index (χ3v) is 5.48. The summed E-state index contributed by atoms with van der Waals surface area (Å²) < 4.78 is 1.88. The fraction of sp³-hybridized carbons (Fsp3) is 0.429. The smallest absolute Gasteiger partial charge is 0.193 e. The first kappa shape index (κ1) is 20.7. The van der Waals surface area contributed by atoms with Crippen molar-refractivity contribution in [3.05, 3.63) is 54.0 Å². The normalized spacial score (nSPS) is 17.1. The Balaban J connectivity index is 0.00000225. The maximum atomic E-state index is 4.49. The second-order valence-electron chi connectivity index (χ2n) is 7.32. The molecule has 1 aromatic carbocycles. The standard InChI is InChI=1S/C21H28N6.HI/c1-22-21(27-11-9-17(15-27)18-13-25-26(2)14-18)23-10-5-6-16-12-24-20-8-4-3-7-19(16)20;/h3-4,7-8,12-14,17,24H,5-6,9-11,15H2,1-2H3,(H,22,23);1H. The highest BCUT2D eigenvalue weighted by Gasteiger charge is 2.26. The van der Waals surface area contributed by atoms with Crippen molar-refractivity contribution >= 4 is 40.8 Å². The van der Waals surface area contributed by atoms with Gasteiger partial charge in [0.1, 0.15) is 0 Å². The lowest BCUT2D eigenvalue weighted by atomic mass is 10.0. The number of halogens is 1. The van der Waals surface area contributed by atoms with E-state index in [1.165, 1.54) is 22.0 Å². The number of fused-ring (bicyclic) bond motifs is 1. The van der Waals surface area contributed by atoms with Crippen molar-refractivity contribution in [3.63, 3.8) is 0 Å². The van der Waals surface area contributed by atoms with Crippen LogP contribution in [0.4, 0.5) is 0 Å². The van der Waals surface area contributed by atoms with E-state index in [2.05, 4.69) is 62.0 Å². The Morgan fingerprint density at radius 3 is 3.00 bits per heavy atom. The van der Waals surface area contributed by atoms with Gasteiger partial charge in [0.05, 0.1) is 6.20 Å². The number of aryl methyl sites for hydroxylation is 2. The number of aromatic amines is 1. The van der Waals surface area contributed by atoms with Crippen LogP contribution in [0.5, 0.6) is 0 Å². The molecule has 2 N–H and O–H groups in total. The highest BCUT2D eigenvalue weighted by atomic mass is 127. The number of aromatic nitrogens is 3. The van der Waals surface area contributed by atoms with Crippen molar-refractivity contribution in [2.24, 2.45) is 12.0 Å². The summed E-state index contributed by atoms with van der Waals surface area (Å²) in [7, 11) is 3.85. The molecule has 2 aromatic heterocycles. The minimum absolute atomic E-state index is 0. The first-order chi connectivity index (χ1) is 13.2. The fourth-order valence-corrected chi connectivity index (χ4v) is 4.03. The highest BCUT2D eigenvalue weighted by Crippen LogP contribution is 2.26. The molecule has 0 spiro atoms. The molecule has 0 saturated carbocycles. The van der Waals surface area contributed by atoms with Gasteiger partial charge in [0.2, 0.25) is 0 Å². The van der Waals surface area contributed by atoms with Crippen molar-refractivity contribution in [2.75, 3.05) is 26.7 Å². The average Bonchev–Trinajstić information content (AvgIpc) is 3.41. The minimum Gasteiger partial charge on any atom is -0.361 e. The first-order valence-corrected chi connectivity index (χ1v) is 9.73. The molecule has 6 nitrogen and oxygen atoms in total. The van der Waals surface area contributed by atoms with Gasteiger partial charge in [-0.2, -0.15) is 5.10 Å². The number of aliphatic imine (C=N–C) groups is 1. The predicted octanol–water partition coefficient (Wildman–Crippen LogP) is 3.52. The van der Waals surface area contributed by atoms with Crippen LogP contribution in [0.3, 0.4) is 0 Å². The molecule has 7 heteroatoms. The molecule has 0 amide bonds. The van der Waals surface area contributed by atoms with E-state index in [-0.39, 0.29) is 24.0 Å². The van der Waals surface area contributed by atoms with E-state index in [1.54, 1.807) is 0 Å². The van der Waals surface area contributed by atoms with Gasteiger partial charge in [-0.25, -0.2) is 0 Å². The maximum absolute atomic E-state index is 4.49. The van der Waals surface area contributed by atoms with Crippen LogP contribution in [0.2, 0.25) is 0 Å². The van der Waals surface area contributed by atoms with Gasteiger partial charge in [-0.15, -0.1) is 24.0 Å². The Hall–Kier alpha value is -2.03. The van der Waals surface area contributed by atoms with E-state index in [1.807, 2.05) is 25.0 Å². The zero-order valence-corrected chi connectivity index (χ0v) is 18.9. The van der Waals surface area contributed by atoms with Gasteiger partial charge in [-0.3, -0.25) is 9.67 Å². The van der Waals surface area contributed by atoms with Crippen molar-refractivity contribution in [1.29, 1.82) is 0 Å². The molecule has 4 rings (SSSR count). The molecule has 1 atom stereocenters. The Morgan fingerprint density at radius 1 is 1.36 bits per heavy atom. The Labute approximate surface area is 183 Å². The van der Waals surface area contributed by atoms with Gasteiger partial charge in [-0.1, -0.05) is 18.2 Å². The largest absolute Gasteiger partial charge is 0.361 e. The average molecular weight is 492 g/mol. The molecule has 150 valence electrons. The number of nitrogens with one attached hydrogen (secondary N) is 2. The molecular formula is C21H29IN6. The molecular weight excluding hydrogens is 463 g/mol. The molecule has 1 saturated heterocycles. The number of rotatable bonds is 5. The molecule has 28 heavy (non-hydrogen) atoms. The van der Waals surface area contributed by atoms with Crippen LogP contribution in [-0.4, -0.2) is 52.3 Å². The van der Waals surface area contributed by atoms with E-state index in [0.29, 0.717) is 5.92 Å². The summed E-state index contributed by atoms with van der Waals surface area (Å²) in [5.74, 6) is 1.56. The quantitative estimate of drug-likeness (QED) is 0.248. The van der Waals surface area contributed by atoms with Gasteiger partial charge in [0.25, 0.3) is 0 Å². The molecule has 3 heterocycles. The first-order valence-electron chi connectivity index (χ1n) is 9.73. The summed E-state index contributed by atoms with van der Waals surface area (Å²) in [6.45, 7) is 2.98. The zero-order valence-electron chi connectivity index (χ0n) is 16.6. The van der Waals surface area contributed by atoms with E-state index >= 15 is 0 Å². The number of hydrogen-bond donors (Lipinski definition) is 2. The zero-order chi connectivity index (χ0) is 18.6. The molecule has 1 aliphatic heterocycles. The van der Waals surface area contributed by atoms with E-state index in [9.17, 15) is 0 Å². The third kappa shape index (κ3) is 4.51. The summed E-state index contributed by atoms with van der Waals surface area (Å²) in [5.41, 5.74) is 3.93. The number of H-pyrrole nitrogens is 1. The highest BCUT2D eigenvalue weighted by molar-refractivity contribution is 14.0. The lowest BCUT2D eigenvalue weighted by molar-refractivity contribution is 0.485. The number of benzene rings is 1. The topological polar surface area (TPSA) is 61.2 Å². The summed E-state index contributed by atoms with van der Waals surface area (Å²) in [6, 6.07) is 8.50. The molecule has 0 aliphatic carbocycles. The molecule has 1 unspecified atom stereocenters. The van der Waals surface area contributed by atoms with Gasteiger partial charge in [-0.05, 0) is 36.5 Å². The molecule has 0 bridgehead atoms. The monoisotopic (exact) mass is 492 g/mol. The van der Waals surface area contributed by atoms with E-state index in [0.717, 1.165) is 44.9 Å². The lowest BCUT2D eigenvalue weighted by Crippen LogP contribution is -2.40. The minimum atomic E-state index is 0. The Kier molecular flexibility index (Phi) is 6.98. The fourth-order valence-electron chi connectivity index (χ4n) is 4.03. The van der Waals surface area contributed by atoms with Gasteiger partial charge >= 0.3 is 0 Å². The van der Waals surface area contributed by atoms with E-state index in [4.69, 9.17) is 0 Å². The van der Waals surface area contributed by atoms with Crippen LogP contribution in [0, 0.1) is 0 Å². The molecule has 1 fully saturated rings. The second kappa shape index (κ2) is 9.45. The van der Waals surface area contributed by atoms with Crippen molar-refractivity contribution in [2.45, 2.75) is 25.2 Å². The number of hydrogen-bond acceptors (Lipinski definition) is 2. The molecule has 3 aromatic rings. The third-order valence-electron chi connectivity index (χ3n) is 5.48. The lowest BCUT2D eigenvalue weighted by Gasteiger charge is -2.21. The van der Waals surface area contributed by atoms with Crippen LogP contribution in [0.25, 0.3) is 10.9 Å². The van der Waals surface area contributed by atoms with Gasteiger partial charge in [0, 0.05) is 62.9 Å². The SMILES string of the molecule is CN=C(NCCCc1c[nH]c2ccccc12)N1CCC(c2cnn(C)c2)C1.I. The number of likely N-dealkylation sites (tertiary alicyclic amines) is 1. The van der Waals surface area contributed by atoms with Gasteiger partial charge < -0.3 is 15.2 Å². The summed E-state index contributed by atoms with van der Waals surface area (Å²) in [4.78, 5) is 10.2. The van der Waals surface area contributed by atoms with Crippen molar-refractivity contribution in [1.82, 2.24) is 25.0 Å². The summed E-state index contributed by atoms with van der Waals surface area (Å²) in [6.07, 6.45) is 9.56. The number of nitrogens with zero attached hydrogens (tertiary/aromatic N) is 4. The predicted molar refractivity (Wildman–Crippen MR) is 126 cm³/mol.